The highest BCUT2D eigenvalue weighted by atomic mass is 16.7. The van der Waals surface area contributed by atoms with Crippen molar-refractivity contribution in [2.24, 2.45) is 5.92 Å². The monoisotopic (exact) mass is 603 g/mol. The van der Waals surface area contributed by atoms with E-state index in [9.17, 15) is 4.79 Å². The average molecular weight is 604 g/mol. The third-order valence-electron chi connectivity index (χ3n) is 9.62. The first-order valence-corrected chi connectivity index (χ1v) is 16.5. The number of tetrazole rings is 1. The van der Waals surface area contributed by atoms with Crippen LogP contribution in [-0.4, -0.2) is 48.4 Å². The number of nitrogens with one attached hydrogen (secondary N) is 1. The quantitative estimate of drug-likeness (QED) is 0.206. The van der Waals surface area contributed by atoms with E-state index < -0.39 is 0 Å². The number of fused-ring (bicyclic) bond motifs is 2. The minimum atomic E-state index is 0.0234. The Balaban J connectivity index is 1.22. The van der Waals surface area contributed by atoms with Crippen molar-refractivity contribution in [3.05, 3.63) is 94.0 Å². The van der Waals surface area contributed by atoms with Crippen LogP contribution < -0.4 is 5.56 Å². The highest BCUT2D eigenvalue weighted by Gasteiger charge is 2.42. The molecule has 9 nitrogen and oxygen atoms in total. The third-order valence-corrected chi connectivity index (χ3v) is 9.62. The van der Waals surface area contributed by atoms with Crippen LogP contribution in [0.1, 0.15) is 81.3 Å². The van der Waals surface area contributed by atoms with Crippen LogP contribution in [0, 0.1) is 5.92 Å². The Kier molecular flexibility index (Phi) is 8.54. The van der Waals surface area contributed by atoms with Gasteiger partial charge < -0.3 is 0 Å². The molecular weight excluding hydrogens is 562 g/mol. The van der Waals surface area contributed by atoms with E-state index in [0.29, 0.717) is 23.7 Å². The second-order valence-corrected chi connectivity index (χ2v) is 12.6. The lowest BCUT2D eigenvalue weighted by Gasteiger charge is -2.25. The van der Waals surface area contributed by atoms with Gasteiger partial charge in [0.05, 0.1) is 29.6 Å². The number of hydroxylamine groups is 2. The second-order valence-electron chi connectivity index (χ2n) is 12.6. The van der Waals surface area contributed by atoms with Gasteiger partial charge in [0.15, 0.2) is 0 Å². The lowest BCUT2D eigenvalue weighted by molar-refractivity contribution is -0.146. The van der Waals surface area contributed by atoms with E-state index in [1.807, 2.05) is 33.9 Å². The van der Waals surface area contributed by atoms with Crippen molar-refractivity contribution in [3.8, 4) is 22.5 Å². The van der Waals surface area contributed by atoms with E-state index in [1.165, 1.54) is 25.7 Å². The molecule has 9 heteroatoms. The molecule has 232 valence electrons. The molecule has 1 N–H and O–H groups in total. The molecule has 3 heterocycles. The summed E-state index contributed by atoms with van der Waals surface area (Å²) in [6.07, 6.45) is 10.3. The summed E-state index contributed by atoms with van der Waals surface area (Å²) in [5.41, 5.74) is 5.98. The molecule has 3 aromatic carbocycles. The van der Waals surface area contributed by atoms with Gasteiger partial charge in [-0.1, -0.05) is 93.6 Å². The van der Waals surface area contributed by atoms with Gasteiger partial charge in [0.1, 0.15) is 5.82 Å². The first kappa shape index (κ1) is 29.5. The predicted molar refractivity (Wildman–Crippen MR) is 175 cm³/mol. The second kappa shape index (κ2) is 13.0. The van der Waals surface area contributed by atoms with Gasteiger partial charge in [0, 0.05) is 24.9 Å². The zero-order valence-electron chi connectivity index (χ0n) is 26.2. The number of benzene rings is 3. The molecule has 0 spiro atoms. The molecule has 45 heavy (non-hydrogen) atoms. The van der Waals surface area contributed by atoms with Crippen LogP contribution in [0.25, 0.3) is 33.4 Å². The van der Waals surface area contributed by atoms with Crippen LogP contribution >= 0.6 is 0 Å². The maximum Gasteiger partial charge on any atom is 0.261 e. The molecule has 3 atom stereocenters. The zero-order chi connectivity index (χ0) is 30.8. The smallest absolute Gasteiger partial charge is 0.261 e. The molecule has 2 aliphatic rings. The zero-order valence-corrected chi connectivity index (χ0v) is 26.2. The van der Waals surface area contributed by atoms with Crippen LogP contribution in [0.5, 0.6) is 0 Å². The Bertz CT molecular complexity index is 1820. The topological polar surface area (TPSA) is 102 Å². The van der Waals surface area contributed by atoms with Crippen molar-refractivity contribution in [1.29, 1.82) is 0 Å². The highest BCUT2D eigenvalue weighted by molar-refractivity contribution is 5.80. The van der Waals surface area contributed by atoms with Crippen molar-refractivity contribution in [2.75, 3.05) is 7.05 Å². The molecule has 7 rings (SSSR count). The summed E-state index contributed by atoms with van der Waals surface area (Å²) in [5.74, 6) is 1.84. The van der Waals surface area contributed by atoms with Crippen LogP contribution in [-0.2, 0) is 17.8 Å². The Hall–Kier alpha value is -4.21. The minimum Gasteiger partial charge on any atom is -0.295 e. The Morgan fingerprint density at radius 2 is 1.76 bits per heavy atom. The van der Waals surface area contributed by atoms with Crippen molar-refractivity contribution >= 4 is 10.9 Å². The van der Waals surface area contributed by atoms with E-state index in [1.54, 1.807) is 0 Å². The minimum absolute atomic E-state index is 0.0234. The summed E-state index contributed by atoms with van der Waals surface area (Å²) < 4.78 is 1.89. The summed E-state index contributed by atoms with van der Waals surface area (Å²) in [4.78, 5) is 25.7. The Morgan fingerprint density at radius 3 is 2.53 bits per heavy atom. The largest absolute Gasteiger partial charge is 0.295 e. The first-order chi connectivity index (χ1) is 22.1. The van der Waals surface area contributed by atoms with Crippen molar-refractivity contribution < 1.29 is 4.84 Å². The van der Waals surface area contributed by atoms with Gasteiger partial charge in [-0.25, -0.2) is 4.98 Å². The average Bonchev–Trinajstić information content (AvgIpc) is 3.70. The number of aromatic nitrogens is 6. The summed E-state index contributed by atoms with van der Waals surface area (Å²) in [6.45, 7) is 2.64. The lowest BCUT2D eigenvalue weighted by Crippen LogP contribution is -2.27. The van der Waals surface area contributed by atoms with E-state index in [2.05, 4.69) is 77.1 Å². The van der Waals surface area contributed by atoms with Crippen LogP contribution in [0.4, 0.5) is 0 Å². The number of aryl methyl sites for hydroxylation is 1. The molecule has 2 aromatic heterocycles. The molecule has 1 saturated carbocycles. The maximum atomic E-state index is 14.3. The number of aromatic amines is 1. The Labute approximate surface area is 263 Å². The van der Waals surface area contributed by atoms with Gasteiger partial charge in [-0.2, -0.15) is 10.3 Å². The van der Waals surface area contributed by atoms with Crippen LogP contribution in [0.3, 0.4) is 0 Å². The third kappa shape index (κ3) is 5.94. The van der Waals surface area contributed by atoms with Crippen molar-refractivity contribution in [3.63, 3.8) is 0 Å². The lowest BCUT2D eigenvalue weighted by atomic mass is 9.82. The van der Waals surface area contributed by atoms with Gasteiger partial charge in [0.25, 0.3) is 5.56 Å². The van der Waals surface area contributed by atoms with Crippen LogP contribution in [0.15, 0.2) is 71.5 Å². The van der Waals surface area contributed by atoms with Gasteiger partial charge in [0.2, 0.25) is 5.82 Å². The summed E-state index contributed by atoms with van der Waals surface area (Å²) in [7, 11) is 2.05. The van der Waals surface area contributed by atoms with Gasteiger partial charge >= 0.3 is 0 Å². The fourth-order valence-electron chi connectivity index (χ4n) is 7.31. The molecular formula is C36H41N7O2. The standard InChI is InChI=1S/C36H41N7O2/c1-3-4-15-33-37-31-21-20-26(34-29-13-7-5-6-8-14-32(29)45-42(34)2)22-30(31)36(44)43(33)23-24-16-18-25(19-17-24)27-11-9-10-12-28(27)35-38-40-41-39-35/h9-12,16-22,29,32,34H,3-8,13-15,23H2,1-2H3,(H,38,39,40,41)/t29?,32?,34-/m0/s1. The van der Waals surface area contributed by atoms with E-state index >= 15 is 0 Å². The fourth-order valence-corrected chi connectivity index (χ4v) is 7.31. The molecule has 1 aliphatic heterocycles. The SMILES string of the molecule is CCCCc1nc2ccc([C@H]3C4CCCCCCC4ON3C)cc2c(=O)n1Cc1ccc(-c2ccccc2-c2nn[nH]n2)cc1. The maximum absolute atomic E-state index is 14.3. The summed E-state index contributed by atoms with van der Waals surface area (Å²) in [5, 5.41) is 17.3. The molecule has 0 radical (unpaired) electrons. The molecule has 2 fully saturated rings. The van der Waals surface area contributed by atoms with Gasteiger partial charge in [-0.05, 0) is 58.9 Å². The molecule has 2 unspecified atom stereocenters. The normalized spacial score (nSPS) is 20.6. The first-order valence-electron chi connectivity index (χ1n) is 16.5. The number of hydrogen-bond acceptors (Lipinski definition) is 7. The Morgan fingerprint density at radius 1 is 0.956 bits per heavy atom. The van der Waals surface area contributed by atoms with Gasteiger partial charge in [-0.3, -0.25) is 14.2 Å². The van der Waals surface area contributed by atoms with Crippen LogP contribution in [0.2, 0.25) is 0 Å². The summed E-state index contributed by atoms with van der Waals surface area (Å²) in [6, 6.07) is 22.9. The molecule has 5 aromatic rings. The van der Waals surface area contributed by atoms with Gasteiger partial charge in [-0.15, -0.1) is 10.2 Å². The highest BCUT2D eigenvalue weighted by Crippen LogP contribution is 2.44. The molecule has 0 bridgehead atoms. The van der Waals surface area contributed by atoms with E-state index in [4.69, 9.17) is 9.82 Å². The van der Waals surface area contributed by atoms with E-state index in [-0.39, 0.29) is 17.7 Å². The number of H-pyrrole nitrogens is 1. The van der Waals surface area contributed by atoms with Crippen molar-refractivity contribution in [1.82, 2.24) is 35.2 Å². The molecule has 0 amide bonds. The summed E-state index contributed by atoms with van der Waals surface area (Å²) >= 11 is 0. The number of rotatable bonds is 8. The number of unbranched alkanes of at least 4 members (excludes halogenated alkanes) is 1. The number of hydrogen-bond donors (Lipinski definition) is 1. The predicted octanol–water partition coefficient (Wildman–Crippen LogP) is 6.89. The molecule has 1 aliphatic carbocycles. The van der Waals surface area contributed by atoms with Crippen molar-refractivity contribution in [2.45, 2.75) is 83.4 Å². The van der Waals surface area contributed by atoms with E-state index in [0.717, 1.165) is 71.3 Å². The molecule has 1 saturated heterocycles. The fraction of sp³-hybridized carbons (Fsp3) is 0.417. The number of nitrogens with zero attached hydrogens (tertiary/aromatic N) is 6.